The first-order valence-corrected chi connectivity index (χ1v) is 6.39. The molecule has 5 heteroatoms. The predicted molar refractivity (Wildman–Crippen MR) is 64.8 cm³/mol. The zero-order valence-corrected chi connectivity index (χ0v) is 11.0. The Morgan fingerprint density at radius 2 is 2.18 bits per heavy atom. The van der Waals surface area contributed by atoms with Crippen molar-refractivity contribution in [3.63, 3.8) is 0 Å². The van der Waals surface area contributed by atoms with Gasteiger partial charge in [0.15, 0.2) is 11.5 Å². The van der Waals surface area contributed by atoms with Crippen molar-refractivity contribution in [2.24, 2.45) is 5.73 Å². The first-order chi connectivity index (χ1) is 8.06. The van der Waals surface area contributed by atoms with E-state index in [4.69, 9.17) is 15.2 Å². The molecule has 1 aromatic rings. The summed E-state index contributed by atoms with van der Waals surface area (Å²) in [6.45, 7) is 2.06. The minimum absolute atomic E-state index is 0.0753. The van der Waals surface area contributed by atoms with E-state index in [0.717, 1.165) is 12.8 Å². The molecule has 3 nitrogen and oxygen atoms in total. The second-order valence-electron chi connectivity index (χ2n) is 4.73. The summed E-state index contributed by atoms with van der Waals surface area (Å²) >= 11 is 3.43. The van der Waals surface area contributed by atoms with Crippen LogP contribution in [0.4, 0.5) is 4.39 Å². The van der Waals surface area contributed by atoms with Crippen molar-refractivity contribution in [2.45, 2.75) is 31.2 Å². The van der Waals surface area contributed by atoms with E-state index in [1.807, 2.05) is 6.92 Å². The number of hydrogen-bond acceptors (Lipinski definition) is 3. The second kappa shape index (κ2) is 3.59. The predicted octanol–water partition coefficient (Wildman–Crippen LogP) is 2.70. The van der Waals surface area contributed by atoms with E-state index < -0.39 is 0 Å². The molecule has 1 heterocycles. The monoisotopic (exact) mass is 301 g/mol. The molecule has 0 amide bonds. The lowest BCUT2D eigenvalue weighted by Crippen LogP contribution is -2.32. The Morgan fingerprint density at radius 1 is 1.47 bits per heavy atom. The molecule has 1 aliphatic carbocycles. The summed E-state index contributed by atoms with van der Waals surface area (Å²) in [4.78, 5) is 0. The van der Waals surface area contributed by atoms with Gasteiger partial charge in [-0.1, -0.05) is 0 Å². The van der Waals surface area contributed by atoms with Gasteiger partial charge in [0, 0.05) is 23.1 Å². The topological polar surface area (TPSA) is 44.5 Å². The molecular formula is C12H13BrFNO2. The maximum absolute atomic E-state index is 14.2. The van der Waals surface area contributed by atoms with Gasteiger partial charge in [-0.25, -0.2) is 4.39 Å². The average molecular weight is 302 g/mol. The Morgan fingerprint density at radius 3 is 2.76 bits per heavy atom. The summed E-state index contributed by atoms with van der Waals surface area (Å²) in [5.41, 5.74) is 6.38. The molecule has 1 unspecified atom stereocenters. The molecule has 1 atom stereocenters. The van der Waals surface area contributed by atoms with Crippen LogP contribution in [0, 0.1) is 5.82 Å². The first-order valence-electron chi connectivity index (χ1n) is 5.60. The number of ether oxygens (including phenoxy) is 2. The summed E-state index contributed by atoms with van der Waals surface area (Å²) in [7, 11) is 0. The van der Waals surface area contributed by atoms with Crippen LogP contribution >= 0.6 is 15.9 Å². The number of hydrogen-bond donors (Lipinski definition) is 1. The van der Waals surface area contributed by atoms with E-state index in [1.165, 1.54) is 6.07 Å². The van der Waals surface area contributed by atoms with Crippen molar-refractivity contribution in [3.05, 3.63) is 21.9 Å². The highest BCUT2D eigenvalue weighted by molar-refractivity contribution is 9.10. The van der Waals surface area contributed by atoms with E-state index in [2.05, 4.69) is 15.9 Å². The van der Waals surface area contributed by atoms with Crippen LogP contribution in [-0.4, -0.2) is 12.8 Å². The molecule has 0 bridgehead atoms. The molecule has 1 aromatic carbocycles. The molecule has 2 N–H and O–H groups in total. The lowest BCUT2D eigenvalue weighted by molar-refractivity contribution is 0.173. The maximum atomic E-state index is 14.2. The highest BCUT2D eigenvalue weighted by atomic mass is 79.9. The van der Waals surface area contributed by atoms with Crippen molar-refractivity contribution in [1.29, 1.82) is 0 Å². The minimum Gasteiger partial charge on any atom is -0.453 e. The first kappa shape index (κ1) is 11.3. The molecule has 0 aromatic heterocycles. The molecule has 1 fully saturated rings. The molecule has 0 radical (unpaired) electrons. The minimum atomic E-state index is -0.268. The third-order valence-corrected chi connectivity index (χ3v) is 4.47. The molecule has 92 valence electrons. The standard InChI is InChI=1S/C12H13BrFNO2/c1-6(15)12(2-3-12)9-7(14)4-8-11(10(9)13)17-5-16-8/h4,6H,2-3,5,15H2,1H3. The Labute approximate surface area is 107 Å². The van der Waals surface area contributed by atoms with E-state index in [9.17, 15) is 4.39 Å². The number of benzene rings is 1. The summed E-state index contributed by atoms with van der Waals surface area (Å²) in [6.07, 6.45) is 1.83. The Balaban J connectivity index is 2.18. The largest absolute Gasteiger partial charge is 0.453 e. The molecule has 0 spiro atoms. The zero-order valence-electron chi connectivity index (χ0n) is 9.43. The molecule has 3 rings (SSSR count). The molecule has 2 aliphatic rings. The Hall–Kier alpha value is -0.810. The van der Waals surface area contributed by atoms with Crippen LogP contribution < -0.4 is 15.2 Å². The number of nitrogens with two attached hydrogens (primary N) is 1. The summed E-state index contributed by atoms with van der Waals surface area (Å²) < 4.78 is 25.4. The fourth-order valence-electron chi connectivity index (χ4n) is 2.50. The van der Waals surface area contributed by atoms with Gasteiger partial charge in [-0.2, -0.15) is 0 Å². The molecular weight excluding hydrogens is 289 g/mol. The SMILES string of the molecule is CC(N)C1(c2c(F)cc3c(c2Br)OCO3)CC1. The van der Waals surface area contributed by atoms with E-state index in [-0.39, 0.29) is 24.1 Å². The van der Waals surface area contributed by atoms with E-state index >= 15 is 0 Å². The van der Waals surface area contributed by atoms with Crippen molar-refractivity contribution in [2.75, 3.05) is 6.79 Å². The van der Waals surface area contributed by atoms with Gasteiger partial charge in [-0.3, -0.25) is 0 Å². The Bertz CT molecular complexity index is 486. The van der Waals surface area contributed by atoms with Gasteiger partial charge in [0.25, 0.3) is 0 Å². The molecule has 1 saturated carbocycles. The van der Waals surface area contributed by atoms with Gasteiger partial charge >= 0.3 is 0 Å². The summed E-state index contributed by atoms with van der Waals surface area (Å²) in [5.74, 6) is 0.780. The number of fused-ring (bicyclic) bond motifs is 1. The highest BCUT2D eigenvalue weighted by Crippen LogP contribution is 2.56. The summed E-state index contributed by atoms with van der Waals surface area (Å²) in [6, 6.07) is 1.32. The highest BCUT2D eigenvalue weighted by Gasteiger charge is 2.51. The maximum Gasteiger partial charge on any atom is 0.231 e. The molecule has 0 saturated heterocycles. The van der Waals surface area contributed by atoms with Crippen molar-refractivity contribution >= 4 is 15.9 Å². The van der Waals surface area contributed by atoms with Crippen molar-refractivity contribution in [1.82, 2.24) is 0 Å². The van der Waals surface area contributed by atoms with Crippen LogP contribution in [0.2, 0.25) is 0 Å². The molecule has 1 aliphatic heterocycles. The van der Waals surface area contributed by atoms with Crippen LogP contribution in [0.15, 0.2) is 10.5 Å². The lowest BCUT2D eigenvalue weighted by atomic mass is 9.89. The smallest absolute Gasteiger partial charge is 0.231 e. The van der Waals surface area contributed by atoms with Gasteiger partial charge in [0.2, 0.25) is 6.79 Å². The fourth-order valence-corrected chi connectivity index (χ4v) is 3.39. The number of halogens is 2. The van der Waals surface area contributed by atoms with Crippen molar-refractivity contribution in [3.8, 4) is 11.5 Å². The summed E-state index contributed by atoms with van der Waals surface area (Å²) in [5, 5.41) is 0. The number of rotatable bonds is 2. The van der Waals surface area contributed by atoms with E-state index in [0.29, 0.717) is 21.5 Å². The van der Waals surface area contributed by atoms with E-state index in [1.54, 1.807) is 0 Å². The quantitative estimate of drug-likeness (QED) is 0.913. The van der Waals surface area contributed by atoms with Gasteiger partial charge in [-0.15, -0.1) is 0 Å². The van der Waals surface area contributed by atoms with Crippen LogP contribution in [0.1, 0.15) is 25.3 Å². The third kappa shape index (κ3) is 1.48. The van der Waals surface area contributed by atoms with Crippen LogP contribution in [0.5, 0.6) is 11.5 Å². The van der Waals surface area contributed by atoms with Gasteiger partial charge in [-0.05, 0) is 35.7 Å². The molecule has 17 heavy (non-hydrogen) atoms. The fraction of sp³-hybridized carbons (Fsp3) is 0.500. The van der Waals surface area contributed by atoms with Crippen LogP contribution in [0.25, 0.3) is 0 Å². The van der Waals surface area contributed by atoms with Gasteiger partial charge in [0.1, 0.15) is 5.82 Å². The van der Waals surface area contributed by atoms with Gasteiger partial charge < -0.3 is 15.2 Å². The van der Waals surface area contributed by atoms with Crippen molar-refractivity contribution < 1.29 is 13.9 Å². The lowest BCUT2D eigenvalue weighted by Gasteiger charge is -2.22. The Kier molecular flexibility index (Phi) is 2.38. The van der Waals surface area contributed by atoms with Crippen LogP contribution in [0.3, 0.4) is 0 Å². The second-order valence-corrected chi connectivity index (χ2v) is 5.52. The third-order valence-electron chi connectivity index (χ3n) is 3.72. The van der Waals surface area contributed by atoms with Crippen LogP contribution in [-0.2, 0) is 5.41 Å². The normalized spacial score (nSPS) is 21.4. The average Bonchev–Trinajstić information content (AvgIpc) is 2.91. The van der Waals surface area contributed by atoms with Gasteiger partial charge in [0.05, 0.1) is 4.47 Å². The zero-order chi connectivity index (χ0) is 12.2.